The molecular weight excluding hydrogens is 312 g/mol. The first-order valence-corrected chi connectivity index (χ1v) is 8.39. The summed E-state index contributed by atoms with van der Waals surface area (Å²) in [6.07, 6.45) is 0. The Morgan fingerprint density at radius 1 is 1.13 bits per heavy atom. The normalized spacial score (nSPS) is 14.5. The van der Waals surface area contributed by atoms with Crippen LogP contribution in [0.1, 0.15) is 20.0 Å². The first-order chi connectivity index (χ1) is 11.2. The summed E-state index contributed by atoms with van der Waals surface area (Å²) in [7, 11) is 0. The van der Waals surface area contributed by atoms with Crippen LogP contribution < -0.4 is 10.2 Å². The average molecular weight is 330 g/mol. The summed E-state index contributed by atoms with van der Waals surface area (Å²) in [5, 5.41) is 4.49. The van der Waals surface area contributed by atoms with Crippen LogP contribution in [-0.4, -0.2) is 44.5 Å². The van der Waals surface area contributed by atoms with Crippen LogP contribution in [0.3, 0.4) is 0 Å². The van der Waals surface area contributed by atoms with Gasteiger partial charge in [0.25, 0.3) is 5.91 Å². The first-order valence-electron chi connectivity index (χ1n) is 7.52. The Bertz CT molecular complexity index is 662. The van der Waals surface area contributed by atoms with E-state index < -0.39 is 0 Å². The number of amides is 1. The second-order valence-corrected chi connectivity index (χ2v) is 6.18. The minimum atomic E-state index is -0.210. The Balaban J connectivity index is 1.56. The maximum atomic E-state index is 12.2. The monoisotopic (exact) mass is 330 g/mol. The van der Waals surface area contributed by atoms with Crippen molar-refractivity contribution >= 4 is 28.7 Å². The number of hydrogen-bond donors (Lipinski definition) is 1. The van der Waals surface area contributed by atoms with Crippen LogP contribution in [0.2, 0.25) is 0 Å². The molecule has 1 aromatic carbocycles. The lowest BCUT2D eigenvalue weighted by Gasteiger charge is -2.28. The molecule has 0 aliphatic carbocycles. The molecule has 1 aliphatic heterocycles. The molecule has 6 heteroatoms. The van der Waals surface area contributed by atoms with Gasteiger partial charge in [-0.15, -0.1) is 11.3 Å². The molecule has 2 heterocycles. The highest BCUT2D eigenvalue weighted by atomic mass is 32.1. The summed E-state index contributed by atoms with van der Waals surface area (Å²) in [4.78, 5) is 26.8. The number of benzene rings is 1. The van der Waals surface area contributed by atoms with Crippen molar-refractivity contribution in [3.8, 4) is 0 Å². The lowest BCUT2D eigenvalue weighted by atomic mass is 10.1. The SMILES string of the molecule is O=C(CNC(=O)c1cccs1)c1ccc(N2CCOCC2)cc1. The van der Waals surface area contributed by atoms with Gasteiger partial charge in [0.05, 0.1) is 24.6 Å². The summed E-state index contributed by atoms with van der Waals surface area (Å²) < 4.78 is 5.33. The molecule has 5 nitrogen and oxygen atoms in total. The van der Waals surface area contributed by atoms with Gasteiger partial charge in [-0.05, 0) is 35.7 Å². The van der Waals surface area contributed by atoms with Gasteiger partial charge in [-0.2, -0.15) is 0 Å². The Hall–Kier alpha value is -2.18. The smallest absolute Gasteiger partial charge is 0.261 e. The first kappa shape index (κ1) is 15.7. The number of rotatable bonds is 5. The maximum absolute atomic E-state index is 12.2. The maximum Gasteiger partial charge on any atom is 0.261 e. The highest BCUT2D eigenvalue weighted by molar-refractivity contribution is 7.12. The van der Waals surface area contributed by atoms with Crippen LogP contribution in [0.4, 0.5) is 5.69 Å². The molecule has 0 unspecified atom stereocenters. The fraction of sp³-hybridized carbons (Fsp3) is 0.294. The highest BCUT2D eigenvalue weighted by Crippen LogP contribution is 2.17. The number of carbonyl (C=O) groups is 2. The van der Waals surface area contributed by atoms with Crippen molar-refractivity contribution in [2.75, 3.05) is 37.7 Å². The summed E-state index contributed by atoms with van der Waals surface area (Å²) in [5.74, 6) is -0.304. The van der Waals surface area contributed by atoms with E-state index in [1.54, 1.807) is 6.07 Å². The van der Waals surface area contributed by atoms with E-state index in [1.165, 1.54) is 11.3 Å². The van der Waals surface area contributed by atoms with Crippen molar-refractivity contribution in [2.45, 2.75) is 0 Å². The molecule has 0 bridgehead atoms. The third-order valence-electron chi connectivity index (χ3n) is 3.72. The number of ketones is 1. The Morgan fingerprint density at radius 3 is 2.52 bits per heavy atom. The van der Waals surface area contributed by atoms with Crippen LogP contribution in [0.5, 0.6) is 0 Å². The molecule has 0 spiro atoms. The Morgan fingerprint density at radius 2 is 1.87 bits per heavy atom. The molecule has 1 fully saturated rings. The minimum absolute atomic E-state index is 0.00757. The number of anilines is 1. The molecule has 120 valence electrons. The lowest BCUT2D eigenvalue weighted by Crippen LogP contribution is -2.36. The van der Waals surface area contributed by atoms with Crippen LogP contribution in [0.25, 0.3) is 0 Å². The summed E-state index contributed by atoms with van der Waals surface area (Å²) in [5.41, 5.74) is 1.70. The molecule has 0 atom stereocenters. The lowest BCUT2D eigenvalue weighted by molar-refractivity contribution is 0.0906. The van der Waals surface area contributed by atoms with Crippen molar-refractivity contribution < 1.29 is 14.3 Å². The van der Waals surface area contributed by atoms with Gasteiger partial charge < -0.3 is 15.0 Å². The van der Waals surface area contributed by atoms with Gasteiger partial charge in [-0.25, -0.2) is 0 Å². The van der Waals surface area contributed by atoms with E-state index in [0.29, 0.717) is 10.4 Å². The molecule has 23 heavy (non-hydrogen) atoms. The van der Waals surface area contributed by atoms with Crippen molar-refractivity contribution in [1.29, 1.82) is 0 Å². The van der Waals surface area contributed by atoms with Gasteiger partial charge in [0.15, 0.2) is 5.78 Å². The van der Waals surface area contributed by atoms with Gasteiger partial charge in [-0.1, -0.05) is 6.07 Å². The number of ether oxygens (including phenoxy) is 1. The summed E-state index contributed by atoms with van der Waals surface area (Å²) >= 11 is 1.36. The second kappa shape index (κ2) is 7.39. The van der Waals surface area contributed by atoms with Crippen LogP contribution >= 0.6 is 11.3 Å². The zero-order valence-electron chi connectivity index (χ0n) is 12.7. The van der Waals surface area contributed by atoms with Crippen molar-refractivity contribution in [3.63, 3.8) is 0 Å². The number of morpholine rings is 1. The van der Waals surface area contributed by atoms with Gasteiger partial charge >= 0.3 is 0 Å². The number of hydrogen-bond acceptors (Lipinski definition) is 5. The quantitative estimate of drug-likeness (QED) is 0.854. The molecular formula is C17H18N2O3S. The molecule has 1 N–H and O–H groups in total. The molecule has 1 aliphatic rings. The van der Waals surface area contributed by atoms with E-state index in [-0.39, 0.29) is 18.2 Å². The zero-order chi connectivity index (χ0) is 16.1. The third kappa shape index (κ3) is 3.97. The van der Waals surface area contributed by atoms with E-state index in [9.17, 15) is 9.59 Å². The highest BCUT2D eigenvalue weighted by Gasteiger charge is 2.13. The predicted molar refractivity (Wildman–Crippen MR) is 90.5 cm³/mol. The van der Waals surface area contributed by atoms with Crippen molar-refractivity contribution in [1.82, 2.24) is 5.32 Å². The van der Waals surface area contributed by atoms with Gasteiger partial charge in [0.2, 0.25) is 0 Å². The fourth-order valence-corrected chi connectivity index (χ4v) is 3.08. The van der Waals surface area contributed by atoms with Gasteiger partial charge in [-0.3, -0.25) is 9.59 Å². The standard InChI is InChI=1S/C17H18N2O3S/c20-15(12-18-17(21)16-2-1-11-23-16)13-3-5-14(6-4-13)19-7-9-22-10-8-19/h1-6,11H,7-10,12H2,(H,18,21). The number of carbonyl (C=O) groups excluding carboxylic acids is 2. The van der Waals surface area contributed by atoms with Crippen molar-refractivity contribution in [2.24, 2.45) is 0 Å². The van der Waals surface area contributed by atoms with Gasteiger partial charge in [0.1, 0.15) is 0 Å². The largest absolute Gasteiger partial charge is 0.378 e. The predicted octanol–water partition coefficient (Wildman–Crippen LogP) is 2.20. The topological polar surface area (TPSA) is 58.6 Å². The van der Waals surface area contributed by atoms with E-state index in [2.05, 4.69) is 10.2 Å². The summed E-state index contributed by atoms with van der Waals surface area (Å²) in [6.45, 7) is 3.20. The number of Topliss-reactive ketones (excluding diaryl/α,β-unsaturated/α-hetero) is 1. The molecule has 2 aromatic rings. The molecule has 0 saturated carbocycles. The molecule has 1 aromatic heterocycles. The minimum Gasteiger partial charge on any atom is -0.378 e. The molecule has 0 radical (unpaired) electrons. The Labute approximate surface area is 138 Å². The molecule has 1 amide bonds. The number of nitrogens with zero attached hydrogens (tertiary/aromatic N) is 1. The number of thiophene rings is 1. The van der Waals surface area contributed by atoms with Crippen LogP contribution in [0, 0.1) is 0 Å². The molecule has 3 rings (SSSR count). The van der Waals surface area contributed by atoms with E-state index in [4.69, 9.17) is 4.74 Å². The van der Waals surface area contributed by atoms with E-state index in [0.717, 1.165) is 32.0 Å². The van der Waals surface area contributed by atoms with Crippen molar-refractivity contribution in [3.05, 3.63) is 52.2 Å². The van der Waals surface area contributed by atoms with Crippen LogP contribution in [-0.2, 0) is 4.74 Å². The molecule has 1 saturated heterocycles. The second-order valence-electron chi connectivity index (χ2n) is 5.23. The zero-order valence-corrected chi connectivity index (χ0v) is 13.5. The third-order valence-corrected chi connectivity index (χ3v) is 4.59. The van der Waals surface area contributed by atoms with Gasteiger partial charge in [0, 0.05) is 24.3 Å². The fourth-order valence-electron chi connectivity index (χ4n) is 2.44. The van der Waals surface area contributed by atoms with Crippen LogP contribution in [0.15, 0.2) is 41.8 Å². The van der Waals surface area contributed by atoms with E-state index >= 15 is 0 Å². The van der Waals surface area contributed by atoms with E-state index in [1.807, 2.05) is 35.7 Å². The number of nitrogens with one attached hydrogen (secondary N) is 1. The Kier molecular flexibility index (Phi) is 5.05. The average Bonchev–Trinajstić information content (AvgIpc) is 3.15. The summed E-state index contributed by atoms with van der Waals surface area (Å²) in [6, 6.07) is 11.1.